The van der Waals surface area contributed by atoms with Crippen molar-refractivity contribution in [1.29, 1.82) is 0 Å². The number of hydrogen-bond acceptors (Lipinski definition) is 4. The first kappa shape index (κ1) is 13.7. The molecule has 0 aliphatic carbocycles. The average Bonchev–Trinajstić information content (AvgIpc) is 2.43. The van der Waals surface area contributed by atoms with E-state index >= 15 is 0 Å². The van der Waals surface area contributed by atoms with Crippen LogP contribution in [0.3, 0.4) is 0 Å². The van der Waals surface area contributed by atoms with E-state index < -0.39 is 22.6 Å². The van der Waals surface area contributed by atoms with Crippen molar-refractivity contribution < 1.29 is 26.3 Å². The van der Waals surface area contributed by atoms with Crippen LogP contribution in [0.15, 0.2) is 0 Å². The van der Waals surface area contributed by atoms with Gasteiger partial charge < -0.3 is 10.1 Å². The van der Waals surface area contributed by atoms with Gasteiger partial charge in [0.2, 0.25) is 0 Å². The SMILES string of the molecule is O=S1(=O)CCC(NCCOCC(F)(F)F)C1. The van der Waals surface area contributed by atoms with Gasteiger partial charge in [0.25, 0.3) is 0 Å². The average molecular weight is 261 g/mol. The zero-order valence-corrected chi connectivity index (χ0v) is 9.40. The molecule has 0 spiro atoms. The van der Waals surface area contributed by atoms with Crippen LogP contribution in [0.2, 0.25) is 0 Å². The van der Waals surface area contributed by atoms with Crippen LogP contribution in [0.4, 0.5) is 13.2 Å². The number of ether oxygens (including phenoxy) is 1. The molecule has 1 fully saturated rings. The Hall–Kier alpha value is -0.340. The fourth-order valence-corrected chi connectivity index (χ4v) is 3.19. The second-order valence-corrected chi connectivity index (χ2v) is 5.95. The third-order valence-corrected chi connectivity index (χ3v) is 3.95. The Labute approximate surface area is 92.1 Å². The van der Waals surface area contributed by atoms with E-state index in [9.17, 15) is 21.6 Å². The summed E-state index contributed by atoms with van der Waals surface area (Å²) in [4.78, 5) is 0. The molecule has 1 aliphatic heterocycles. The van der Waals surface area contributed by atoms with Crippen molar-refractivity contribution >= 4 is 9.84 Å². The van der Waals surface area contributed by atoms with Crippen molar-refractivity contribution in [2.24, 2.45) is 0 Å². The van der Waals surface area contributed by atoms with Crippen LogP contribution in [0.25, 0.3) is 0 Å². The number of hydrogen-bond donors (Lipinski definition) is 1. The molecule has 0 aromatic rings. The predicted molar refractivity (Wildman–Crippen MR) is 51.9 cm³/mol. The molecule has 1 N–H and O–H groups in total. The van der Waals surface area contributed by atoms with Gasteiger partial charge in [0, 0.05) is 12.6 Å². The highest BCUT2D eigenvalue weighted by atomic mass is 32.2. The molecule has 0 saturated carbocycles. The fourth-order valence-electron chi connectivity index (χ4n) is 1.48. The molecule has 1 unspecified atom stereocenters. The number of sulfone groups is 1. The molecular weight excluding hydrogens is 247 g/mol. The summed E-state index contributed by atoms with van der Waals surface area (Å²) < 4.78 is 61.4. The van der Waals surface area contributed by atoms with Crippen LogP contribution in [0.1, 0.15) is 6.42 Å². The molecular formula is C8H14F3NO3S. The molecule has 0 aromatic carbocycles. The first-order chi connectivity index (χ1) is 7.29. The minimum Gasteiger partial charge on any atom is -0.371 e. The maximum atomic E-state index is 11.7. The lowest BCUT2D eigenvalue weighted by Gasteiger charge is -2.11. The normalized spacial score (nSPS) is 24.8. The summed E-state index contributed by atoms with van der Waals surface area (Å²) in [5, 5.41) is 2.85. The van der Waals surface area contributed by atoms with E-state index in [0.29, 0.717) is 6.42 Å². The van der Waals surface area contributed by atoms with Gasteiger partial charge in [-0.3, -0.25) is 0 Å². The van der Waals surface area contributed by atoms with Crippen molar-refractivity contribution in [3.8, 4) is 0 Å². The van der Waals surface area contributed by atoms with Gasteiger partial charge in [0.15, 0.2) is 9.84 Å². The summed E-state index contributed by atoms with van der Waals surface area (Å²) in [6.07, 6.45) is -3.79. The van der Waals surface area contributed by atoms with Crippen molar-refractivity contribution in [3.05, 3.63) is 0 Å². The van der Waals surface area contributed by atoms with Crippen LogP contribution in [0.5, 0.6) is 0 Å². The van der Waals surface area contributed by atoms with Gasteiger partial charge in [-0.15, -0.1) is 0 Å². The van der Waals surface area contributed by atoms with Crippen LogP contribution in [0, 0.1) is 0 Å². The molecule has 8 heteroatoms. The Kier molecular flexibility index (Phi) is 4.57. The minimum atomic E-state index is -4.31. The number of halogens is 3. The van der Waals surface area contributed by atoms with Gasteiger partial charge in [0.1, 0.15) is 6.61 Å². The predicted octanol–water partition coefficient (Wildman–Crippen LogP) is 0.342. The molecule has 1 saturated heterocycles. The van der Waals surface area contributed by atoms with Crippen LogP contribution >= 0.6 is 0 Å². The molecule has 0 aromatic heterocycles. The molecule has 1 heterocycles. The zero-order valence-electron chi connectivity index (χ0n) is 8.59. The lowest BCUT2D eigenvalue weighted by atomic mass is 10.3. The lowest BCUT2D eigenvalue weighted by molar-refractivity contribution is -0.173. The topological polar surface area (TPSA) is 55.4 Å². The van der Waals surface area contributed by atoms with E-state index in [0.717, 1.165) is 0 Å². The van der Waals surface area contributed by atoms with E-state index in [4.69, 9.17) is 0 Å². The zero-order chi connectivity index (χ0) is 12.2. The largest absolute Gasteiger partial charge is 0.411 e. The van der Waals surface area contributed by atoms with E-state index in [1.54, 1.807) is 0 Å². The minimum absolute atomic E-state index is 0.0618. The Bertz CT molecular complexity index is 315. The smallest absolute Gasteiger partial charge is 0.371 e. The van der Waals surface area contributed by atoms with Gasteiger partial charge >= 0.3 is 6.18 Å². The third kappa shape index (κ3) is 5.66. The molecule has 1 aliphatic rings. The lowest BCUT2D eigenvalue weighted by Crippen LogP contribution is -2.33. The first-order valence-electron chi connectivity index (χ1n) is 4.87. The first-order valence-corrected chi connectivity index (χ1v) is 6.69. The molecule has 1 rings (SSSR count). The van der Waals surface area contributed by atoms with Crippen molar-refractivity contribution in [1.82, 2.24) is 5.32 Å². The second-order valence-electron chi connectivity index (χ2n) is 3.72. The standard InChI is InChI=1S/C8H14F3NO3S/c9-8(10,11)6-15-3-2-12-7-1-4-16(13,14)5-7/h7,12H,1-6H2. The van der Waals surface area contributed by atoms with Gasteiger partial charge in [-0.05, 0) is 6.42 Å². The Morgan fingerprint density at radius 1 is 1.38 bits per heavy atom. The van der Waals surface area contributed by atoms with E-state index in [1.165, 1.54) is 0 Å². The van der Waals surface area contributed by atoms with Crippen LogP contribution in [-0.4, -0.2) is 51.9 Å². The monoisotopic (exact) mass is 261 g/mol. The van der Waals surface area contributed by atoms with Gasteiger partial charge in [-0.25, -0.2) is 8.42 Å². The van der Waals surface area contributed by atoms with E-state index in [1.807, 2.05) is 0 Å². The Morgan fingerprint density at radius 2 is 2.06 bits per heavy atom. The Balaban J connectivity index is 2.05. The summed E-state index contributed by atoms with van der Waals surface area (Å²) >= 11 is 0. The van der Waals surface area contributed by atoms with Crippen LogP contribution in [-0.2, 0) is 14.6 Å². The summed E-state index contributed by atoms with van der Waals surface area (Å²) in [7, 11) is -2.94. The van der Waals surface area contributed by atoms with E-state index in [2.05, 4.69) is 10.1 Å². The molecule has 0 bridgehead atoms. The molecule has 0 radical (unpaired) electrons. The maximum absolute atomic E-state index is 11.7. The van der Waals surface area contributed by atoms with Crippen molar-refractivity contribution in [3.63, 3.8) is 0 Å². The van der Waals surface area contributed by atoms with Gasteiger partial charge in [-0.1, -0.05) is 0 Å². The summed E-state index contributed by atoms with van der Waals surface area (Å²) in [5.41, 5.74) is 0. The quantitative estimate of drug-likeness (QED) is 0.725. The van der Waals surface area contributed by atoms with Gasteiger partial charge in [-0.2, -0.15) is 13.2 Å². The summed E-state index contributed by atoms with van der Waals surface area (Å²) in [6.45, 7) is -1.11. The highest BCUT2D eigenvalue weighted by molar-refractivity contribution is 7.91. The number of alkyl halides is 3. The second kappa shape index (κ2) is 5.33. The van der Waals surface area contributed by atoms with Crippen molar-refractivity contribution in [2.75, 3.05) is 31.3 Å². The molecule has 96 valence electrons. The van der Waals surface area contributed by atoms with Gasteiger partial charge in [0.05, 0.1) is 18.1 Å². The molecule has 16 heavy (non-hydrogen) atoms. The fraction of sp³-hybridized carbons (Fsp3) is 1.00. The van der Waals surface area contributed by atoms with E-state index in [-0.39, 0.29) is 30.7 Å². The van der Waals surface area contributed by atoms with Crippen LogP contribution < -0.4 is 5.32 Å². The highest BCUT2D eigenvalue weighted by Gasteiger charge is 2.28. The third-order valence-electron chi connectivity index (χ3n) is 2.18. The molecule has 0 amide bonds. The Morgan fingerprint density at radius 3 is 2.56 bits per heavy atom. The van der Waals surface area contributed by atoms with Crippen molar-refractivity contribution in [2.45, 2.75) is 18.6 Å². The molecule has 1 atom stereocenters. The summed E-state index contributed by atoms with van der Waals surface area (Å²) in [6, 6.07) is -0.153. The maximum Gasteiger partial charge on any atom is 0.411 e. The number of nitrogens with one attached hydrogen (secondary N) is 1. The number of rotatable bonds is 5. The molecule has 4 nitrogen and oxygen atoms in total. The highest BCUT2D eigenvalue weighted by Crippen LogP contribution is 2.14. The summed E-state index contributed by atoms with van der Waals surface area (Å²) in [5.74, 6) is 0.209.